The highest BCUT2D eigenvalue weighted by atomic mass is 19.1. The molecule has 80 valence electrons. The molecule has 1 heterocycles. The third-order valence-corrected chi connectivity index (χ3v) is 3.18. The minimum atomic E-state index is -0.825. The predicted molar refractivity (Wildman–Crippen MR) is 51.8 cm³/mol. The largest absolute Gasteiger partial charge is 0.481 e. The summed E-state index contributed by atoms with van der Waals surface area (Å²) in [6, 6.07) is 1.36. The van der Waals surface area contributed by atoms with Crippen molar-refractivity contribution in [3.05, 3.63) is 29.8 Å². The van der Waals surface area contributed by atoms with Crippen LogP contribution in [0.5, 0.6) is 0 Å². The minimum Gasteiger partial charge on any atom is -0.481 e. The van der Waals surface area contributed by atoms with Crippen LogP contribution in [0.2, 0.25) is 0 Å². The van der Waals surface area contributed by atoms with E-state index in [-0.39, 0.29) is 11.3 Å². The maximum absolute atomic E-state index is 12.9. The van der Waals surface area contributed by atoms with Gasteiger partial charge in [0.1, 0.15) is 5.82 Å². The van der Waals surface area contributed by atoms with Crippen LogP contribution in [0.4, 0.5) is 4.39 Å². The van der Waals surface area contributed by atoms with Crippen LogP contribution in [-0.2, 0) is 4.79 Å². The van der Waals surface area contributed by atoms with E-state index in [9.17, 15) is 9.18 Å². The van der Waals surface area contributed by atoms with Gasteiger partial charge in [0.2, 0.25) is 0 Å². The van der Waals surface area contributed by atoms with Crippen molar-refractivity contribution in [2.45, 2.75) is 19.8 Å². The van der Waals surface area contributed by atoms with Crippen molar-refractivity contribution in [3.63, 3.8) is 0 Å². The van der Waals surface area contributed by atoms with Gasteiger partial charge in [0.25, 0.3) is 0 Å². The summed E-state index contributed by atoms with van der Waals surface area (Å²) in [5, 5.41) is 8.98. The zero-order chi connectivity index (χ0) is 11.2. The average Bonchev–Trinajstić information content (AvgIpc) is 2.69. The molecule has 1 N–H and O–H groups in total. The van der Waals surface area contributed by atoms with Gasteiger partial charge in [0, 0.05) is 12.1 Å². The molecule has 0 saturated heterocycles. The lowest BCUT2D eigenvalue weighted by atomic mass is 10.1. The lowest BCUT2D eigenvalue weighted by molar-refractivity contribution is -0.139. The van der Waals surface area contributed by atoms with Gasteiger partial charge in [-0.3, -0.25) is 9.78 Å². The van der Waals surface area contributed by atoms with Crippen molar-refractivity contribution in [1.82, 2.24) is 4.98 Å². The van der Waals surface area contributed by atoms with Crippen molar-refractivity contribution in [2.24, 2.45) is 11.3 Å². The van der Waals surface area contributed by atoms with Gasteiger partial charge < -0.3 is 5.11 Å². The van der Waals surface area contributed by atoms with Gasteiger partial charge in [-0.2, -0.15) is 0 Å². The van der Waals surface area contributed by atoms with Crippen molar-refractivity contribution < 1.29 is 14.3 Å². The van der Waals surface area contributed by atoms with Crippen LogP contribution in [0.3, 0.4) is 0 Å². The van der Waals surface area contributed by atoms with E-state index in [1.165, 1.54) is 6.07 Å². The van der Waals surface area contributed by atoms with Crippen molar-refractivity contribution >= 4 is 5.97 Å². The summed E-state index contributed by atoms with van der Waals surface area (Å²) in [7, 11) is 0. The molecule has 1 aromatic rings. The standard InChI is InChI=1S/C11H12FNO2/c1-11(2)8(9(11)10(14)15)6-3-7(12)5-13-4-6/h3-5,8-9H,1-2H3,(H,14,15). The average molecular weight is 209 g/mol. The molecule has 0 bridgehead atoms. The second kappa shape index (κ2) is 3.02. The third-order valence-electron chi connectivity index (χ3n) is 3.18. The zero-order valence-electron chi connectivity index (χ0n) is 8.57. The smallest absolute Gasteiger partial charge is 0.307 e. The first kappa shape index (κ1) is 10.1. The van der Waals surface area contributed by atoms with E-state index >= 15 is 0 Å². The molecular formula is C11H12FNO2. The number of pyridine rings is 1. The maximum atomic E-state index is 12.9. The second-order valence-corrected chi connectivity index (χ2v) is 4.55. The van der Waals surface area contributed by atoms with Crippen molar-refractivity contribution in [2.75, 3.05) is 0 Å². The van der Waals surface area contributed by atoms with Gasteiger partial charge >= 0.3 is 5.97 Å². The fourth-order valence-corrected chi connectivity index (χ4v) is 2.32. The summed E-state index contributed by atoms with van der Waals surface area (Å²) >= 11 is 0. The Kier molecular flexibility index (Phi) is 2.03. The van der Waals surface area contributed by atoms with Crippen LogP contribution >= 0.6 is 0 Å². The second-order valence-electron chi connectivity index (χ2n) is 4.55. The fourth-order valence-electron chi connectivity index (χ4n) is 2.32. The Morgan fingerprint density at radius 3 is 2.67 bits per heavy atom. The first-order chi connectivity index (χ1) is 6.94. The summed E-state index contributed by atoms with van der Waals surface area (Å²) < 4.78 is 12.9. The Bertz CT molecular complexity index is 417. The molecule has 1 fully saturated rings. The van der Waals surface area contributed by atoms with Gasteiger partial charge in [0.05, 0.1) is 12.1 Å². The number of carboxylic acids is 1. The lowest BCUT2D eigenvalue weighted by Gasteiger charge is -2.01. The number of carboxylic acid groups (broad SMARTS) is 1. The molecule has 0 spiro atoms. The maximum Gasteiger partial charge on any atom is 0.307 e. The van der Waals surface area contributed by atoms with Crippen molar-refractivity contribution in [3.8, 4) is 0 Å². The molecule has 2 unspecified atom stereocenters. The number of carbonyl (C=O) groups is 1. The first-order valence-electron chi connectivity index (χ1n) is 4.78. The van der Waals surface area contributed by atoms with Crippen molar-refractivity contribution in [1.29, 1.82) is 0 Å². The SMILES string of the molecule is CC1(C)C(C(=O)O)C1c1cncc(F)c1. The Hall–Kier alpha value is -1.45. The van der Waals surface area contributed by atoms with Crippen LogP contribution in [0.25, 0.3) is 0 Å². The Balaban J connectivity index is 2.31. The first-order valence-corrected chi connectivity index (χ1v) is 4.78. The van der Waals surface area contributed by atoms with E-state index in [0.717, 1.165) is 6.20 Å². The van der Waals surface area contributed by atoms with E-state index in [1.54, 1.807) is 6.20 Å². The minimum absolute atomic E-state index is 0.127. The summed E-state index contributed by atoms with van der Waals surface area (Å²) in [4.78, 5) is 14.7. The molecule has 0 radical (unpaired) electrons. The molecule has 3 nitrogen and oxygen atoms in total. The van der Waals surface area contributed by atoms with E-state index in [1.807, 2.05) is 13.8 Å². The highest BCUT2D eigenvalue weighted by molar-refractivity contribution is 5.77. The molecule has 0 aromatic carbocycles. The molecule has 1 aromatic heterocycles. The highest BCUT2D eigenvalue weighted by Gasteiger charge is 2.62. The molecule has 0 amide bonds. The van der Waals surface area contributed by atoms with E-state index in [2.05, 4.69) is 4.98 Å². The topological polar surface area (TPSA) is 50.2 Å². The Morgan fingerprint density at radius 1 is 1.53 bits per heavy atom. The number of nitrogens with zero attached hydrogens (tertiary/aromatic N) is 1. The Morgan fingerprint density at radius 2 is 2.20 bits per heavy atom. The molecular weight excluding hydrogens is 197 g/mol. The number of aromatic nitrogens is 1. The van der Waals surface area contributed by atoms with E-state index < -0.39 is 17.7 Å². The van der Waals surface area contributed by atoms with Crippen LogP contribution in [0.1, 0.15) is 25.3 Å². The molecule has 1 aliphatic rings. The molecule has 1 saturated carbocycles. The third kappa shape index (κ3) is 1.50. The predicted octanol–water partition coefficient (Wildman–Crippen LogP) is 2.04. The highest BCUT2D eigenvalue weighted by Crippen LogP contribution is 2.64. The van der Waals surface area contributed by atoms with Crippen LogP contribution in [0.15, 0.2) is 18.5 Å². The molecule has 0 aliphatic heterocycles. The molecule has 2 rings (SSSR count). The quantitative estimate of drug-likeness (QED) is 0.810. The zero-order valence-corrected chi connectivity index (χ0v) is 8.57. The molecule has 4 heteroatoms. The van der Waals surface area contributed by atoms with E-state index in [4.69, 9.17) is 5.11 Å². The molecule has 15 heavy (non-hydrogen) atoms. The number of hydrogen-bond donors (Lipinski definition) is 1. The normalized spacial score (nSPS) is 27.4. The summed E-state index contributed by atoms with van der Waals surface area (Å²) in [6.07, 6.45) is 2.66. The Labute approximate surface area is 87.0 Å². The van der Waals surface area contributed by atoms with Gasteiger partial charge in [-0.25, -0.2) is 4.39 Å². The van der Waals surface area contributed by atoms with Crippen LogP contribution in [0, 0.1) is 17.2 Å². The summed E-state index contributed by atoms with van der Waals surface area (Å²) in [5.41, 5.74) is 0.369. The number of aliphatic carboxylic acids is 1. The monoisotopic (exact) mass is 209 g/mol. The molecule has 2 atom stereocenters. The number of rotatable bonds is 2. The van der Waals surface area contributed by atoms with Crippen LogP contribution < -0.4 is 0 Å². The number of hydrogen-bond acceptors (Lipinski definition) is 2. The summed E-state index contributed by atoms with van der Waals surface area (Å²) in [6.45, 7) is 3.75. The fraction of sp³-hybridized carbons (Fsp3) is 0.455. The van der Waals surface area contributed by atoms with Gasteiger partial charge in [-0.1, -0.05) is 13.8 Å². The van der Waals surface area contributed by atoms with E-state index in [0.29, 0.717) is 5.56 Å². The molecule has 1 aliphatic carbocycles. The lowest BCUT2D eigenvalue weighted by Crippen LogP contribution is -2.03. The van der Waals surface area contributed by atoms with Gasteiger partial charge in [-0.05, 0) is 17.0 Å². The van der Waals surface area contributed by atoms with Gasteiger partial charge in [-0.15, -0.1) is 0 Å². The van der Waals surface area contributed by atoms with Crippen LogP contribution in [-0.4, -0.2) is 16.1 Å². The van der Waals surface area contributed by atoms with Gasteiger partial charge in [0.15, 0.2) is 0 Å². The number of halogens is 1. The summed E-state index contributed by atoms with van der Waals surface area (Å²) in [5.74, 6) is -1.80.